The summed E-state index contributed by atoms with van der Waals surface area (Å²) in [7, 11) is -2.14. The number of rotatable bonds is 8. The molecule has 0 heterocycles. The maximum Gasteiger partial charge on any atom is 0.245 e. The first kappa shape index (κ1) is 20.6. The van der Waals surface area contributed by atoms with Crippen molar-refractivity contribution in [3.8, 4) is 11.5 Å². The van der Waals surface area contributed by atoms with Crippen molar-refractivity contribution >= 4 is 27.3 Å². The van der Waals surface area contributed by atoms with Gasteiger partial charge in [0.2, 0.25) is 15.9 Å². The fourth-order valence-electron chi connectivity index (χ4n) is 2.42. The predicted molar refractivity (Wildman–Crippen MR) is 106 cm³/mol. The highest BCUT2D eigenvalue weighted by atomic mass is 32.2. The maximum atomic E-state index is 12.4. The normalized spacial score (nSPS) is 11.1. The highest BCUT2D eigenvalue weighted by molar-refractivity contribution is 7.92. The summed E-state index contributed by atoms with van der Waals surface area (Å²) in [5, 5.41) is 2.68. The molecule has 1 N–H and O–H groups in total. The first-order valence-corrected chi connectivity index (χ1v) is 10.2. The number of benzene rings is 2. The van der Waals surface area contributed by atoms with Gasteiger partial charge in [-0.25, -0.2) is 8.42 Å². The molecule has 0 unspecified atom stereocenters. The van der Waals surface area contributed by atoms with E-state index in [0.29, 0.717) is 22.9 Å². The van der Waals surface area contributed by atoms with Crippen molar-refractivity contribution in [1.82, 2.24) is 0 Å². The Balaban J connectivity index is 2.21. The molecular formula is C19H24N2O5S. The number of carbonyl (C=O) groups excluding carboxylic acids is 1. The number of carbonyl (C=O) groups is 1. The number of nitrogens with zero attached hydrogens (tertiary/aromatic N) is 1. The zero-order chi connectivity index (χ0) is 20.0. The Morgan fingerprint density at radius 3 is 2.41 bits per heavy atom. The molecule has 27 heavy (non-hydrogen) atoms. The van der Waals surface area contributed by atoms with Gasteiger partial charge in [0.05, 0.1) is 25.2 Å². The van der Waals surface area contributed by atoms with Crippen LogP contribution in [0.5, 0.6) is 11.5 Å². The molecule has 0 saturated heterocycles. The summed E-state index contributed by atoms with van der Waals surface area (Å²) in [5.74, 6) is 0.652. The van der Waals surface area contributed by atoms with Crippen molar-refractivity contribution in [2.45, 2.75) is 20.0 Å². The van der Waals surface area contributed by atoms with Crippen LogP contribution in [-0.2, 0) is 14.8 Å². The largest absolute Gasteiger partial charge is 0.497 e. The number of methoxy groups -OCH3 is 1. The van der Waals surface area contributed by atoms with Crippen molar-refractivity contribution < 1.29 is 22.7 Å². The Hall–Kier alpha value is -2.74. The highest BCUT2D eigenvalue weighted by Gasteiger charge is 2.21. The van der Waals surface area contributed by atoms with Crippen LogP contribution in [0.1, 0.15) is 13.8 Å². The molecule has 0 saturated carbocycles. The number of ether oxygens (including phenoxy) is 2. The number of sulfonamides is 1. The Morgan fingerprint density at radius 1 is 1.11 bits per heavy atom. The van der Waals surface area contributed by atoms with Gasteiger partial charge in [0.25, 0.3) is 0 Å². The van der Waals surface area contributed by atoms with Crippen LogP contribution >= 0.6 is 0 Å². The standard InChI is InChI=1S/C19H24N2O5S/c1-14(2)26-18-10-6-8-16(12-18)21(27(4,23)24)13-19(22)20-15-7-5-9-17(11-15)25-3/h5-12,14H,13H2,1-4H3,(H,20,22). The van der Waals surface area contributed by atoms with Crippen LogP contribution < -0.4 is 19.1 Å². The van der Waals surface area contributed by atoms with E-state index in [1.54, 1.807) is 48.5 Å². The van der Waals surface area contributed by atoms with Gasteiger partial charge in [0.15, 0.2) is 0 Å². The smallest absolute Gasteiger partial charge is 0.245 e. The van der Waals surface area contributed by atoms with E-state index in [9.17, 15) is 13.2 Å². The molecule has 146 valence electrons. The van der Waals surface area contributed by atoms with E-state index in [1.165, 1.54) is 7.11 Å². The summed E-state index contributed by atoms with van der Waals surface area (Å²) < 4.78 is 36.2. The predicted octanol–water partition coefficient (Wildman–Crippen LogP) is 2.89. The SMILES string of the molecule is COc1cccc(NC(=O)CN(c2cccc(OC(C)C)c2)S(C)(=O)=O)c1. The molecule has 0 bridgehead atoms. The zero-order valence-electron chi connectivity index (χ0n) is 15.8. The van der Waals surface area contributed by atoms with Crippen molar-refractivity contribution in [2.24, 2.45) is 0 Å². The lowest BCUT2D eigenvalue weighted by molar-refractivity contribution is -0.114. The monoisotopic (exact) mass is 392 g/mol. The number of hydrogen-bond donors (Lipinski definition) is 1. The van der Waals surface area contributed by atoms with Crippen molar-refractivity contribution in [3.63, 3.8) is 0 Å². The van der Waals surface area contributed by atoms with Crippen molar-refractivity contribution in [1.29, 1.82) is 0 Å². The second-order valence-electron chi connectivity index (χ2n) is 6.21. The summed E-state index contributed by atoms with van der Waals surface area (Å²) in [6.45, 7) is 3.40. The average molecular weight is 392 g/mol. The van der Waals surface area contributed by atoms with Gasteiger partial charge in [-0.2, -0.15) is 0 Å². The van der Waals surface area contributed by atoms with E-state index in [4.69, 9.17) is 9.47 Å². The van der Waals surface area contributed by atoms with Crippen LogP contribution in [-0.4, -0.2) is 40.3 Å². The summed E-state index contributed by atoms with van der Waals surface area (Å²) in [6, 6.07) is 13.5. The summed E-state index contributed by atoms with van der Waals surface area (Å²) in [4.78, 5) is 12.4. The lowest BCUT2D eigenvalue weighted by atomic mass is 10.3. The minimum atomic E-state index is -3.67. The topological polar surface area (TPSA) is 84.9 Å². The fourth-order valence-corrected chi connectivity index (χ4v) is 3.26. The molecule has 2 rings (SSSR count). The molecule has 8 heteroatoms. The Kier molecular flexibility index (Phi) is 6.68. The third kappa shape index (κ3) is 6.18. The molecule has 0 aliphatic carbocycles. The first-order chi connectivity index (χ1) is 12.7. The molecule has 0 radical (unpaired) electrons. The van der Waals surface area contributed by atoms with Crippen LogP contribution in [0.25, 0.3) is 0 Å². The van der Waals surface area contributed by atoms with E-state index >= 15 is 0 Å². The zero-order valence-corrected chi connectivity index (χ0v) is 16.6. The third-order valence-electron chi connectivity index (χ3n) is 3.52. The van der Waals surface area contributed by atoms with Crippen molar-refractivity contribution in [3.05, 3.63) is 48.5 Å². The molecule has 0 spiro atoms. The lowest BCUT2D eigenvalue weighted by Gasteiger charge is -2.23. The van der Waals surface area contributed by atoms with Gasteiger partial charge in [-0.05, 0) is 38.1 Å². The Labute approximate surface area is 160 Å². The fraction of sp³-hybridized carbons (Fsp3) is 0.316. The molecule has 1 amide bonds. The average Bonchev–Trinajstić information content (AvgIpc) is 2.58. The summed E-state index contributed by atoms with van der Waals surface area (Å²) in [5.41, 5.74) is 0.876. The van der Waals surface area contributed by atoms with Gasteiger partial charge in [-0.1, -0.05) is 12.1 Å². The molecule has 0 aliphatic heterocycles. The minimum absolute atomic E-state index is 0.0525. The maximum absolute atomic E-state index is 12.4. The van der Waals surface area contributed by atoms with Gasteiger partial charge in [0, 0.05) is 17.8 Å². The molecular weight excluding hydrogens is 368 g/mol. The van der Waals surface area contributed by atoms with Gasteiger partial charge >= 0.3 is 0 Å². The quantitative estimate of drug-likeness (QED) is 0.747. The van der Waals surface area contributed by atoms with E-state index < -0.39 is 15.9 Å². The molecule has 0 aromatic heterocycles. The molecule has 0 aliphatic rings. The third-order valence-corrected chi connectivity index (χ3v) is 4.66. The number of amides is 1. The summed E-state index contributed by atoms with van der Waals surface area (Å²) >= 11 is 0. The molecule has 0 fully saturated rings. The van der Waals surface area contributed by atoms with Crippen LogP contribution in [0, 0.1) is 0 Å². The number of anilines is 2. The van der Waals surface area contributed by atoms with E-state index in [-0.39, 0.29) is 12.6 Å². The Bertz CT molecular complexity index is 896. The molecule has 7 nitrogen and oxygen atoms in total. The Morgan fingerprint density at radius 2 is 1.78 bits per heavy atom. The lowest BCUT2D eigenvalue weighted by Crippen LogP contribution is -2.37. The summed E-state index contributed by atoms with van der Waals surface area (Å²) in [6.07, 6.45) is 1.00. The van der Waals surface area contributed by atoms with Crippen LogP contribution in [0.3, 0.4) is 0 Å². The highest BCUT2D eigenvalue weighted by Crippen LogP contribution is 2.24. The molecule has 2 aromatic carbocycles. The van der Waals surface area contributed by atoms with Crippen LogP contribution in [0.4, 0.5) is 11.4 Å². The molecule has 0 atom stereocenters. The van der Waals surface area contributed by atoms with Gasteiger partial charge in [-0.15, -0.1) is 0 Å². The van der Waals surface area contributed by atoms with Crippen LogP contribution in [0.2, 0.25) is 0 Å². The number of hydrogen-bond acceptors (Lipinski definition) is 5. The first-order valence-electron chi connectivity index (χ1n) is 8.37. The minimum Gasteiger partial charge on any atom is -0.497 e. The van der Waals surface area contributed by atoms with Crippen molar-refractivity contribution in [2.75, 3.05) is 29.5 Å². The second kappa shape index (κ2) is 8.77. The van der Waals surface area contributed by atoms with Gasteiger partial charge in [0.1, 0.15) is 18.0 Å². The van der Waals surface area contributed by atoms with E-state index in [2.05, 4.69) is 5.32 Å². The van der Waals surface area contributed by atoms with Crippen LogP contribution in [0.15, 0.2) is 48.5 Å². The second-order valence-corrected chi connectivity index (χ2v) is 8.12. The molecule has 2 aromatic rings. The van der Waals surface area contributed by atoms with Gasteiger partial charge < -0.3 is 14.8 Å². The number of nitrogens with one attached hydrogen (secondary N) is 1. The van der Waals surface area contributed by atoms with E-state index in [1.807, 2.05) is 13.8 Å². The van der Waals surface area contributed by atoms with E-state index in [0.717, 1.165) is 10.6 Å². The van der Waals surface area contributed by atoms with Gasteiger partial charge in [-0.3, -0.25) is 9.10 Å².